The van der Waals surface area contributed by atoms with E-state index in [-0.39, 0.29) is 29.9 Å². The standard InChI is InChI=1S/C21H30N6OS.HI/c1-3-22-21(23-11-8-19(28)26-18-7-6-16(2)15-24-18)25-17-9-12-27(13-10-17)20-5-4-14-29-20;/h4-7,14-15,17H,3,8-13H2,1-2H3,(H2,22,23,25)(H,24,26,28);1H. The van der Waals surface area contributed by atoms with Crippen LogP contribution in [0.25, 0.3) is 0 Å². The molecule has 0 bridgehead atoms. The van der Waals surface area contributed by atoms with E-state index in [9.17, 15) is 4.79 Å². The van der Waals surface area contributed by atoms with Gasteiger partial charge < -0.3 is 20.9 Å². The second-order valence-corrected chi connectivity index (χ2v) is 8.06. The number of aliphatic imine (C=N–C) groups is 1. The number of anilines is 2. The number of hydrogen-bond donors (Lipinski definition) is 3. The van der Waals surface area contributed by atoms with Gasteiger partial charge in [-0.2, -0.15) is 0 Å². The molecule has 3 rings (SSSR count). The second kappa shape index (κ2) is 12.7. The molecule has 3 N–H and O–H groups in total. The number of aryl methyl sites for hydroxylation is 1. The van der Waals surface area contributed by atoms with Crippen molar-refractivity contribution in [2.45, 2.75) is 39.2 Å². The lowest BCUT2D eigenvalue weighted by Crippen LogP contribution is -2.48. The number of carbonyl (C=O) groups excluding carboxylic acids is 1. The Hall–Kier alpha value is -1.88. The van der Waals surface area contributed by atoms with Crippen molar-refractivity contribution in [1.29, 1.82) is 0 Å². The van der Waals surface area contributed by atoms with E-state index in [0.29, 0.717) is 24.8 Å². The van der Waals surface area contributed by atoms with Crippen LogP contribution in [0.2, 0.25) is 0 Å². The third-order valence-corrected chi connectivity index (χ3v) is 5.71. The molecule has 1 amide bonds. The molecule has 1 aliphatic rings. The normalized spacial score (nSPS) is 14.7. The summed E-state index contributed by atoms with van der Waals surface area (Å²) in [6, 6.07) is 8.42. The monoisotopic (exact) mass is 542 g/mol. The lowest BCUT2D eigenvalue weighted by Gasteiger charge is -2.33. The molecular weight excluding hydrogens is 511 g/mol. The average molecular weight is 542 g/mol. The molecule has 0 saturated carbocycles. The van der Waals surface area contributed by atoms with E-state index >= 15 is 0 Å². The second-order valence-electron chi connectivity index (χ2n) is 7.14. The fraction of sp³-hybridized carbons (Fsp3) is 0.476. The molecule has 3 heterocycles. The highest BCUT2D eigenvalue weighted by molar-refractivity contribution is 14.0. The lowest BCUT2D eigenvalue weighted by molar-refractivity contribution is -0.116. The highest BCUT2D eigenvalue weighted by Gasteiger charge is 2.20. The van der Waals surface area contributed by atoms with Crippen LogP contribution < -0.4 is 20.9 Å². The maximum absolute atomic E-state index is 12.1. The molecule has 0 aliphatic carbocycles. The summed E-state index contributed by atoms with van der Waals surface area (Å²) < 4.78 is 0. The van der Waals surface area contributed by atoms with Crippen molar-refractivity contribution in [3.8, 4) is 0 Å². The summed E-state index contributed by atoms with van der Waals surface area (Å²) in [6.45, 7) is 7.33. The number of halogens is 1. The molecule has 0 radical (unpaired) electrons. The number of rotatable bonds is 7. The van der Waals surface area contributed by atoms with Crippen molar-refractivity contribution < 1.29 is 4.79 Å². The van der Waals surface area contributed by atoms with Gasteiger partial charge in [-0.3, -0.25) is 9.79 Å². The van der Waals surface area contributed by atoms with E-state index in [2.05, 4.69) is 48.3 Å². The van der Waals surface area contributed by atoms with E-state index in [1.54, 1.807) is 17.5 Å². The highest BCUT2D eigenvalue weighted by Crippen LogP contribution is 2.24. The Bertz CT molecular complexity index is 788. The number of nitrogens with one attached hydrogen (secondary N) is 3. The summed E-state index contributed by atoms with van der Waals surface area (Å²) in [4.78, 5) is 23.3. The van der Waals surface area contributed by atoms with Gasteiger partial charge in [0.15, 0.2) is 5.96 Å². The Morgan fingerprint density at radius 1 is 1.30 bits per heavy atom. The molecule has 2 aromatic rings. The largest absolute Gasteiger partial charge is 0.363 e. The minimum absolute atomic E-state index is 0. The number of pyridine rings is 1. The summed E-state index contributed by atoms with van der Waals surface area (Å²) in [6.07, 6.45) is 4.21. The zero-order chi connectivity index (χ0) is 20.5. The van der Waals surface area contributed by atoms with Crippen LogP contribution in [0.5, 0.6) is 0 Å². The summed E-state index contributed by atoms with van der Waals surface area (Å²) in [5, 5.41) is 13.1. The predicted molar refractivity (Wildman–Crippen MR) is 136 cm³/mol. The van der Waals surface area contributed by atoms with Crippen LogP contribution in [0.4, 0.5) is 10.8 Å². The molecule has 1 saturated heterocycles. The quantitative estimate of drug-likeness (QED) is 0.283. The van der Waals surface area contributed by atoms with Crippen molar-refractivity contribution in [2.75, 3.05) is 36.4 Å². The number of hydrogen-bond acceptors (Lipinski definition) is 5. The molecule has 2 aromatic heterocycles. The lowest BCUT2D eigenvalue weighted by atomic mass is 10.1. The zero-order valence-corrected chi connectivity index (χ0v) is 20.7. The Labute approximate surface area is 199 Å². The van der Waals surface area contributed by atoms with Gasteiger partial charge in [0.1, 0.15) is 5.82 Å². The number of carbonyl (C=O) groups is 1. The number of piperidine rings is 1. The SMILES string of the molecule is CCNC(=NCCC(=O)Nc1ccc(C)cn1)NC1CCN(c2cccs2)CC1.I. The number of thiophene rings is 1. The molecule has 0 atom stereocenters. The first-order valence-electron chi connectivity index (χ1n) is 10.2. The van der Waals surface area contributed by atoms with Crippen molar-refractivity contribution >= 4 is 58.0 Å². The maximum atomic E-state index is 12.1. The van der Waals surface area contributed by atoms with Gasteiger partial charge >= 0.3 is 0 Å². The van der Waals surface area contributed by atoms with Gasteiger partial charge in [0.25, 0.3) is 0 Å². The molecule has 7 nitrogen and oxygen atoms in total. The van der Waals surface area contributed by atoms with Crippen LogP contribution in [-0.2, 0) is 4.79 Å². The Morgan fingerprint density at radius 3 is 2.73 bits per heavy atom. The van der Waals surface area contributed by atoms with Crippen LogP contribution in [-0.4, -0.2) is 49.1 Å². The first-order chi connectivity index (χ1) is 14.1. The molecule has 0 unspecified atom stereocenters. The number of aromatic nitrogens is 1. The number of guanidine groups is 1. The van der Waals surface area contributed by atoms with E-state index in [1.807, 2.05) is 26.0 Å². The van der Waals surface area contributed by atoms with Crippen LogP contribution in [0.3, 0.4) is 0 Å². The first kappa shape index (κ1) is 24.4. The van der Waals surface area contributed by atoms with Crippen LogP contribution in [0, 0.1) is 6.92 Å². The third kappa shape index (κ3) is 7.75. The van der Waals surface area contributed by atoms with E-state index in [4.69, 9.17) is 0 Å². The molecule has 0 spiro atoms. The molecule has 0 aromatic carbocycles. The van der Waals surface area contributed by atoms with E-state index in [0.717, 1.165) is 44.0 Å². The molecule has 1 aliphatic heterocycles. The number of nitrogens with zero attached hydrogens (tertiary/aromatic N) is 3. The summed E-state index contributed by atoms with van der Waals surface area (Å²) in [5.74, 6) is 1.28. The van der Waals surface area contributed by atoms with Gasteiger partial charge in [0.2, 0.25) is 5.91 Å². The molecule has 30 heavy (non-hydrogen) atoms. The van der Waals surface area contributed by atoms with Gasteiger partial charge in [-0.05, 0) is 55.8 Å². The van der Waals surface area contributed by atoms with Gasteiger partial charge in [-0.25, -0.2) is 4.98 Å². The van der Waals surface area contributed by atoms with Crippen molar-refractivity contribution in [3.05, 3.63) is 41.4 Å². The number of amides is 1. The first-order valence-corrected chi connectivity index (χ1v) is 11.1. The smallest absolute Gasteiger partial charge is 0.227 e. The Morgan fingerprint density at radius 2 is 2.10 bits per heavy atom. The minimum atomic E-state index is -0.0785. The van der Waals surface area contributed by atoms with E-state index < -0.39 is 0 Å². The van der Waals surface area contributed by atoms with Gasteiger partial charge in [0, 0.05) is 38.3 Å². The van der Waals surface area contributed by atoms with Gasteiger partial charge in [-0.15, -0.1) is 35.3 Å². The molecule has 1 fully saturated rings. The Balaban J connectivity index is 0.00000320. The van der Waals surface area contributed by atoms with E-state index in [1.165, 1.54) is 5.00 Å². The topological polar surface area (TPSA) is 81.6 Å². The van der Waals surface area contributed by atoms with Crippen LogP contribution in [0.1, 0.15) is 31.7 Å². The fourth-order valence-corrected chi connectivity index (χ4v) is 4.01. The molecule has 164 valence electrons. The molecular formula is C21H31IN6OS. The third-order valence-electron chi connectivity index (χ3n) is 4.79. The highest BCUT2D eigenvalue weighted by atomic mass is 127. The Kier molecular flexibility index (Phi) is 10.4. The van der Waals surface area contributed by atoms with Gasteiger partial charge in [0.05, 0.1) is 11.5 Å². The van der Waals surface area contributed by atoms with Crippen molar-refractivity contribution in [2.24, 2.45) is 4.99 Å². The predicted octanol–water partition coefficient (Wildman–Crippen LogP) is 3.62. The van der Waals surface area contributed by atoms with Crippen molar-refractivity contribution in [1.82, 2.24) is 15.6 Å². The summed E-state index contributed by atoms with van der Waals surface area (Å²) in [5.41, 5.74) is 1.06. The van der Waals surface area contributed by atoms with Gasteiger partial charge in [-0.1, -0.05) is 6.07 Å². The van der Waals surface area contributed by atoms with Crippen LogP contribution >= 0.6 is 35.3 Å². The molecule has 9 heteroatoms. The average Bonchev–Trinajstić information content (AvgIpc) is 3.25. The zero-order valence-electron chi connectivity index (χ0n) is 17.6. The summed E-state index contributed by atoms with van der Waals surface area (Å²) in [7, 11) is 0. The maximum Gasteiger partial charge on any atom is 0.227 e. The minimum Gasteiger partial charge on any atom is -0.363 e. The summed E-state index contributed by atoms with van der Waals surface area (Å²) >= 11 is 1.79. The van der Waals surface area contributed by atoms with Crippen LogP contribution in [0.15, 0.2) is 40.8 Å². The fourth-order valence-electron chi connectivity index (χ4n) is 3.22. The van der Waals surface area contributed by atoms with Crippen molar-refractivity contribution in [3.63, 3.8) is 0 Å².